The van der Waals surface area contributed by atoms with Crippen molar-refractivity contribution in [1.82, 2.24) is 5.32 Å². The Balaban J connectivity index is 2.22. The summed E-state index contributed by atoms with van der Waals surface area (Å²) in [5.74, 6) is 0.241. The van der Waals surface area contributed by atoms with E-state index in [1.165, 1.54) is 4.90 Å². The topological polar surface area (TPSA) is 58.6 Å². The summed E-state index contributed by atoms with van der Waals surface area (Å²) in [6.07, 6.45) is -0.577. The highest BCUT2D eigenvalue weighted by Crippen LogP contribution is 2.33. The van der Waals surface area contributed by atoms with Gasteiger partial charge in [-0.2, -0.15) is 0 Å². The van der Waals surface area contributed by atoms with Crippen LogP contribution in [0.5, 0.6) is 5.75 Å². The third-order valence-corrected chi connectivity index (χ3v) is 2.89. The smallest absolute Gasteiger partial charge is 0.268 e. The highest BCUT2D eigenvalue weighted by atomic mass is 16.5. The minimum Gasteiger partial charge on any atom is -0.479 e. The number of nitrogens with one attached hydrogen (secondary N) is 1. The molecule has 0 aromatic heterocycles. The molecular formula is C15H20N2O3. The van der Waals surface area contributed by atoms with Crippen LogP contribution in [0, 0.1) is 0 Å². The average molecular weight is 276 g/mol. The lowest BCUT2D eigenvalue weighted by atomic mass is 10.1. The maximum atomic E-state index is 12.2. The summed E-state index contributed by atoms with van der Waals surface area (Å²) in [7, 11) is 0. The number of hydrogen-bond donors (Lipinski definition) is 1. The second kappa shape index (κ2) is 5.15. The lowest BCUT2D eigenvalue weighted by Gasteiger charge is -2.33. The zero-order valence-corrected chi connectivity index (χ0v) is 12.3. The van der Waals surface area contributed by atoms with Crippen LogP contribution in [0.1, 0.15) is 27.7 Å². The molecule has 0 bridgehead atoms. The van der Waals surface area contributed by atoms with E-state index in [1.54, 1.807) is 19.1 Å². The van der Waals surface area contributed by atoms with Crippen molar-refractivity contribution < 1.29 is 14.3 Å². The van der Waals surface area contributed by atoms with Crippen LogP contribution in [-0.4, -0.2) is 30.0 Å². The molecule has 1 aliphatic rings. The van der Waals surface area contributed by atoms with Gasteiger partial charge in [0.25, 0.3) is 5.91 Å². The molecule has 1 aromatic carbocycles. The van der Waals surface area contributed by atoms with Gasteiger partial charge in [-0.3, -0.25) is 14.5 Å². The lowest BCUT2D eigenvalue weighted by molar-refractivity contribution is -0.128. The lowest BCUT2D eigenvalue weighted by Crippen LogP contribution is -2.51. The fraction of sp³-hybridized carbons (Fsp3) is 0.467. The predicted octanol–water partition coefficient (Wildman–Crippen LogP) is 1.72. The molecule has 1 N–H and O–H groups in total. The van der Waals surface area contributed by atoms with Gasteiger partial charge in [-0.05, 0) is 39.8 Å². The average Bonchev–Trinajstić information content (AvgIpc) is 2.32. The number of rotatable bonds is 2. The Kier molecular flexibility index (Phi) is 3.70. The molecule has 1 aliphatic heterocycles. The number of ether oxygens (including phenoxy) is 1. The molecule has 1 aromatic rings. The minimum atomic E-state index is -0.577. The van der Waals surface area contributed by atoms with Crippen molar-refractivity contribution in [3.63, 3.8) is 0 Å². The zero-order chi connectivity index (χ0) is 14.9. The number of amides is 2. The largest absolute Gasteiger partial charge is 0.479 e. The van der Waals surface area contributed by atoms with Crippen LogP contribution >= 0.6 is 0 Å². The van der Waals surface area contributed by atoms with Gasteiger partial charge in [0.1, 0.15) is 12.3 Å². The van der Waals surface area contributed by atoms with Crippen LogP contribution in [0.15, 0.2) is 24.3 Å². The van der Waals surface area contributed by atoms with Crippen molar-refractivity contribution in [2.45, 2.75) is 39.3 Å². The van der Waals surface area contributed by atoms with E-state index in [4.69, 9.17) is 4.74 Å². The zero-order valence-electron chi connectivity index (χ0n) is 12.3. The number of carbonyl (C=O) groups is 2. The summed E-state index contributed by atoms with van der Waals surface area (Å²) < 4.78 is 5.53. The molecule has 0 aliphatic carbocycles. The molecule has 1 atom stereocenters. The van der Waals surface area contributed by atoms with Crippen LogP contribution in [-0.2, 0) is 9.59 Å². The molecule has 0 fully saturated rings. The van der Waals surface area contributed by atoms with E-state index in [-0.39, 0.29) is 23.9 Å². The maximum absolute atomic E-state index is 12.2. The molecule has 5 heteroatoms. The first kappa shape index (κ1) is 14.4. The first-order chi connectivity index (χ1) is 9.28. The van der Waals surface area contributed by atoms with Crippen molar-refractivity contribution in [3.05, 3.63) is 24.3 Å². The Morgan fingerprint density at radius 1 is 1.35 bits per heavy atom. The molecule has 20 heavy (non-hydrogen) atoms. The predicted molar refractivity (Wildman–Crippen MR) is 76.8 cm³/mol. The van der Waals surface area contributed by atoms with Gasteiger partial charge < -0.3 is 10.1 Å². The molecular weight excluding hydrogens is 256 g/mol. The van der Waals surface area contributed by atoms with E-state index in [2.05, 4.69) is 5.32 Å². The number of fused-ring (bicyclic) bond motifs is 1. The summed E-state index contributed by atoms with van der Waals surface area (Å²) >= 11 is 0. The molecule has 2 amide bonds. The van der Waals surface area contributed by atoms with E-state index in [1.807, 2.05) is 32.9 Å². The van der Waals surface area contributed by atoms with Crippen molar-refractivity contribution in [2.24, 2.45) is 0 Å². The monoisotopic (exact) mass is 276 g/mol. The van der Waals surface area contributed by atoms with Gasteiger partial charge in [0.2, 0.25) is 5.91 Å². The second-order valence-corrected chi connectivity index (χ2v) is 5.95. The Bertz CT molecular complexity index is 534. The summed E-state index contributed by atoms with van der Waals surface area (Å²) in [4.78, 5) is 25.7. The Hall–Kier alpha value is -2.04. The standard InChI is InChI=1S/C15H20N2O3/c1-10-14(19)17(9-13(18)16-15(2,3)4)11-7-5-6-8-12(11)20-10/h5-8,10H,9H2,1-4H3,(H,16,18). The van der Waals surface area contributed by atoms with Crippen LogP contribution in [0.25, 0.3) is 0 Å². The van der Waals surface area contributed by atoms with Crippen LogP contribution in [0.3, 0.4) is 0 Å². The highest BCUT2D eigenvalue weighted by molar-refractivity contribution is 6.03. The highest BCUT2D eigenvalue weighted by Gasteiger charge is 2.32. The number of nitrogens with zero attached hydrogens (tertiary/aromatic N) is 1. The third-order valence-electron chi connectivity index (χ3n) is 2.89. The van der Waals surface area contributed by atoms with Gasteiger partial charge in [0.05, 0.1) is 5.69 Å². The Labute approximate surface area is 118 Å². The molecule has 0 saturated carbocycles. The van der Waals surface area contributed by atoms with Gasteiger partial charge in [0, 0.05) is 5.54 Å². The molecule has 108 valence electrons. The van der Waals surface area contributed by atoms with Gasteiger partial charge in [-0.25, -0.2) is 0 Å². The number of anilines is 1. The molecule has 0 saturated heterocycles. The molecule has 1 heterocycles. The number of benzene rings is 1. The summed E-state index contributed by atoms with van der Waals surface area (Å²) in [6.45, 7) is 7.40. The Morgan fingerprint density at radius 3 is 2.65 bits per heavy atom. The van der Waals surface area contributed by atoms with Crippen molar-refractivity contribution in [3.8, 4) is 5.75 Å². The number of para-hydroxylation sites is 2. The van der Waals surface area contributed by atoms with Gasteiger partial charge in [-0.1, -0.05) is 12.1 Å². The van der Waals surface area contributed by atoms with Gasteiger partial charge in [0.15, 0.2) is 6.10 Å². The number of hydrogen-bond acceptors (Lipinski definition) is 3. The second-order valence-electron chi connectivity index (χ2n) is 5.95. The quantitative estimate of drug-likeness (QED) is 0.894. The molecule has 0 spiro atoms. The van der Waals surface area contributed by atoms with Crippen LogP contribution in [0.2, 0.25) is 0 Å². The first-order valence-electron chi connectivity index (χ1n) is 6.66. The number of carbonyl (C=O) groups excluding carboxylic acids is 2. The summed E-state index contributed by atoms with van der Waals surface area (Å²) in [5, 5.41) is 2.86. The molecule has 1 unspecified atom stereocenters. The van der Waals surface area contributed by atoms with Gasteiger partial charge in [-0.15, -0.1) is 0 Å². The molecule has 5 nitrogen and oxygen atoms in total. The first-order valence-corrected chi connectivity index (χ1v) is 6.66. The normalized spacial score (nSPS) is 18.3. The van der Waals surface area contributed by atoms with Crippen molar-refractivity contribution in [1.29, 1.82) is 0 Å². The maximum Gasteiger partial charge on any atom is 0.268 e. The summed E-state index contributed by atoms with van der Waals surface area (Å²) in [5.41, 5.74) is 0.317. The van der Waals surface area contributed by atoms with E-state index in [9.17, 15) is 9.59 Å². The van der Waals surface area contributed by atoms with E-state index < -0.39 is 6.10 Å². The Morgan fingerprint density at radius 2 is 2.00 bits per heavy atom. The van der Waals surface area contributed by atoms with Crippen LogP contribution in [0.4, 0.5) is 5.69 Å². The fourth-order valence-electron chi connectivity index (χ4n) is 2.12. The van der Waals surface area contributed by atoms with Crippen LogP contribution < -0.4 is 15.0 Å². The minimum absolute atomic E-state index is 0.000810. The van der Waals surface area contributed by atoms with Crippen molar-refractivity contribution >= 4 is 17.5 Å². The fourth-order valence-corrected chi connectivity index (χ4v) is 2.12. The molecule has 0 radical (unpaired) electrons. The van der Waals surface area contributed by atoms with E-state index in [0.29, 0.717) is 11.4 Å². The summed E-state index contributed by atoms with van der Waals surface area (Å²) in [6, 6.07) is 7.24. The third kappa shape index (κ3) is 3.10. The molecule has 2 rings (SSSR count). The van der Waals surface area contributed by atoms with Crippen molar-refractivity contribution in [2.75, 3.05) is 11.4 Å². The SMILES string of the molecule is CC1Oc2ccccc2N(CC(=O)NC(C)(C)C)C1=O. The van der Waals surface area contributed by atoms with E-state index >= 15 is 0 Å². The van der Waals surface area contributed by atoms with Gasteiger partial charge >= 0.3 is 0 Å². The van der Waals surface area contributed by atoms with E-state index in [0.717, 1.165) is 0 Å².